The van der Waals surface area contributed by atoms with Crippen LogP contribution in [0.2, 0.25) is 0 Å². The molecular formula is C12H17N. The molecule has 1 aromatic carbocycles. The fourth-order valence-electron chi connectivity index (χ4n) is 1.13. The molecule has 0 amide bonds. The number of hydrogen-bond acceptors (Lipinski definition) is 1. The second-order valence-electron chi connectivity index (χ2n) is 3.35. The Bertz CT molecular complexity index is 289. The smallest absolute Gasteiger partial charge is 0.0221 e. The Morgan fingerprint density at radius 1 is 1.38 bits per heavy atom. The highest BCUT2D eigenvalue weighted by Gasteiger charge is 1.90. The van der Waals surface area contributed by atoms with Gasteiger partial charge in [-0.1, -0.05) is 42.0 Å². The summed E-state index contributed by atoms with van der Waals surface area (Å²) in [7, 11) is 1.96. The average Bonchev–Trinajstić information content (AvgIpc) is 2.14. The third kappa shape index (κ3) is 3.43. The van der Waals surface area contributed by atoms with E-state index in [9.17, 15) is 0 Å². The van der Waals surface area contributed by atoms with E-state index in [1.807, 2.05) is 7.05 Å². The van der Waals surface area contributed by atoms with Gasteiger partial charge >= 0.3 is 0 Å². The van der Waals surface area contributed by atoms with Gasteiger partial charge in [0.2, 0.25) is 0 Å². The lowest BCUT2D eigenvalue weighted by molar-refractivity contribution is 0.731. The largest absolute Gasteiger partial charge is 0.314 e. The second-order valence-corrected chi connectivity index (χ2v) is 3.35. The van der Waals surface area contributed by atoms with Crippen LogP contribution in [0.3, 0.4) is 0 Å². The van der Waals surface area contributed by atoms with Crippen LogP contribution in [-0.2, 0) is 0 Å². The van der Waals surface area contributed by atoms with Crippen molar-refractivity contribution in [2.75, 3.05) is 7.05 Å². The lowest BCUT2D eigenvalue weighted by Crippen LogP contribution is -2.17. The summed E-state index contributed by atoms with van der Waals surface area (Å²) >= 11 is 0. The van der Waals surface area contributed by atoms with Crippen LogP contribution in [0.1, 0.15) is 18.1 Å². The molecule has 1 rings (SSSR count). The fraction of sp³-hybridized carbons (Fsp3) is 0.333. The Labute approximate surface area is 80.5 Å². The summed E-state index contributed by atoms with van der Waals surface area (Å²) in [6, 6.07) is 8.92. The van der Waals surface area contributed by atoms with Gasteiger partial charge in [-0.2, -0.15) is 0 Å². The summed E-state index contributed by atoms with van der Waals surface area (Å²) in [6.07, 6.45) is 4.31. The molecule has 0 spiro atoms. The van der Waals surface area contributed by atoms with Gasteiger partial charge in [-0.25, -0.2) is 0 Å². The number of aryl methyl sites for hydroxylation is 1. The number of likely N-dealkylation sites (N-methyl/N-ethyl adjacent to an activating group) is 1. The van der Waals surface area contributed by atoms with Crippen molar-refractivity contribution >= 4 is 6.08 Å². The Balaban J connectivity index is 2.68. The highest BCUT2D eigenvalue weighted by molar-refractivity contribution is 5.50. The van der Waals surface area contributed by atoms with Gasteiger partial charge in [0.1, 0.15) is 0 Å². The van der Waals surface area contributed by atoms with Crippen molar-refractivity contribution < 1.29 is 0 Å². The molecule has 0 saturated heterocycles. The van der Waals surface area contributed by atoms with Crippen molar-refractivity contribution in [2.45, 2.75) is 19.9 Å². The molecule has 0 aliphatic heterocycles. The van der Waals surface area contributed by atoms with E-state index in [-0.39, 0.29) is 0 Å². The molecule has 0 aliphatic carbocycles. The number of rotatable bonds is 3. The van der Waals surface area contributed by atoms with Crippen molar-refractivity contribution in [1.82, 2.24) is 5.32 Å². The van der Waals surface area contributed by atoms with Gasteiger partial charge in [0.05, 0.1) is 0 Å². The van der Waals surface area contributed by atoms with E-state index < -0.39 is 0 Å². The monoisotopic (exact) mass is 175 g/mol. The molecule has 1 N–H and O–H groups in total. The molecule has 0 heterocycles. The van der Waals surface area contributed by atoms with E-state index in [2.05, 4.69) is 55.6 Å². The second kappa shape index (κ2) is 4.83. The zero-order chi connectivity index (χ0) is 9.68. The zero-order valence-corrected chi connectivity index (χ0v) is 8.54. The molecule has 1 nitrogen and oxygen atoms in total. The van der Waals surface area contributed by atoms with Crippen molar-refractivity contribution in [1.29, 1.82) is 0 Å². The van der Waals surface area contributed by atoms with Crippen LogP contribution in [0.25, 0.3) is 6.08 Å². The molecular weight excluding hydrogens is 158 g/mol. The van der Waals surface area contributed by atoms with Crippen LogP contribution in [0.4, 0.5) is 0 Å². The summed E-state index contributed by atoms with van der Waals surface area (Å²) in [6.45, 7) is 4.24. The predicted molar refractivity (Wildman–Crippen MR) is 58.7 cm³/mol. The molecule has 0 fully saturated rings. The summed E-state index contributed by atoms with van der Waals surface area (Å²) in [4.78, 5) is 0. The predicted octanol–water partition coefficient (Wildman–Crippen LogP) is 2.62. The number of benzene rings is 1. The van der Waals surface area contributed by atoms with Gasteiger partial charge in [-0.15, -0.1) is 0 Å². The molecule has 0 unspecified atom stereocenters. The van der Waals surface area contributed by atoms with Gasteiger partial charge in [0, 0.05) is 6.04 Å². The Morgan fingerprint density at radius 3 is 2.77 bits per heavy atom. The highest BCUT2D eigenvalue weighted by atomic mass is 14.8. The maximum Gasteiger partial charge on any atom is 0.0221 e. The number of hydrogen-bond donors (Lipinski definition) is 1. The average molecular weight is 175 g/mol. The maximum atomic E-state index is 3.16. The third-order valence-corrected chi connectivity index (χ3v) is 2.07. The molecule has 0 saturated carbocycles. The maximum absolute atomic E-state index is 3.16. The summed E-state index contributed by atoms with van der Waals surface area (Å²) in [5.41, 5.74) is 2.57. The van der Waals surface area contributed by atoms with Crippen LogP contribution in [0.15, 0.2) is 30.3 Å². The van der Waals surface area contributed by atoms with Crippen LogP contribution in [0.5, 0.6) is 0 Å². The zero-order valence-electron chi connectivity index (χ0n) is 8.54. The van der Waals surface area contributed by atoms with Crippen molar-refractivity contribution in [3.8, 4) is 0 Å². The lowest BCUT2D eigenvalue weighted by Gasteiger charge is -2.02. The Morgan fingerprint density at radius 2 is 2.15 bits per heavy atom. The van der Waals surface area contributed by atoms with Crippen molar-refractivity contribution in [3.05, 3.63) is 41.5 Å². The van der Waals surface area contributed by atoms with Gasteiger partial charge in [-0.05, 0) is 26.5 Å². The Hall–Kier alpha value is -1.08. The van der Waals surface area contributed by atoms with Crippen LogP contribution in [0, 0.1) is 6.92 Å². The molecule has 13 heavy (non-hydrogen) atoms. The van der Waals surface area contributed by atoms with E-state index in [1.165, 1.54) is 11.1 Å². The molecule has 0 aromatic heterocycles. The van der Waals surface area contributed by atoms with E-state index in [1.54, 1.807) is 0 Å². The van der Waals surface area contributed by atoms with Crippen LogP contribution >= 0.6 is 0 Å². The van der Waals surface area contributed by atoms with Gasteiger partial charge < -0.3 is 5.32 Å². The first-order chi connectivity index (χ1) is 6.22. The van der Waals surface area contributed by atoms with E-state index >= 15 is 0 Å². The minimum atomic E-state index is 0.431. The first-order valence-corrected chi connectivity index (χ1v) is 4.64. The Kier molecular flexibility index (Phi) is 3.71. The van der Waals surface area contributed by atoms with Crippen molar-refractivity contribution in [3.63, 3.8) is 0 Å². The normalized spacial score (nSPS) is 13.5. The first kappa shape index (κ1) is 10.0. The third-order valence-electron chi connectivity index (χ3n) is 2.07. The molecule has 0 aliphatic rings. The quantitative estimate of drug-likeness (QED) is 0.744. The molecule has 0 bridgehead atoms. The van der Waals surface area contributed by atoms with Crippen LogP contribution in [-0.4, -0.2) is 13.1 Å². The summed E-state index contributed by atoms with van der Waals surface area (Å²) in [5, 5.41) is 3.16. The number of nitrogens with one attached hydrogen (secondary N) is 1. The van der Waals surface area contributed by atoms with E-state index in [0.717, 1.165) is 0 Å². The molecule has 1 aromatic rings. The first-order valence-electron chi connectivity index (χ1n) is 4.64. The molecule has 1 heteroatoms. The van der Waals surface area contributed by atoms with Gasteiger partial charge in [-0.3, -0.25) is 0 Å². The summed E-state index contributed by atoms with van der Waals surface area (Å²) in [5.74, 6) is 0. The molecule has 0 radical (unpaired) electrons. The lowest BCUT2D eigenvalue weighted by atomic mass is 10.1. The topological polar surface area (TPSA) is 12.0 Å². The van der Waals surface area contributed by atoms with E-state index in [4.69, 9.17) is 0 Å². The minimum absolute atomic E-state index is 0.431. The SMILES string of the molecule is CN[C@H](C)/C=C/c1cccc(C)c1. The molecule has 1 atom stereocenters. The minimum Gasteiger partial charge on any atom is -0.314 e. The highest BCUT2D eigenvalue weighted by Crippen LogP contribution is 2.06. The van der Waals surface area contributed by atoms with Crippen LogP contribution < -0.4 is 5.32 Å². The molecule has 70 valence electrons. The fourth-order valence-corrected chi connectivity index (χ4v) is 1.13. The van der Waals surface area contributed by atoms with Crippen molar-refractivity contribution in [2.24, 2.45) is 0 Å². The summed E-state index contributed by atoms with van der Waals surface area (Å²) < 4.78 is 0. The van der Waals surface area contributed by atoms with Gasteiger partial charge in [0.15, 0.2) is 0 Å². The standard InChI is InChI=1S/C12H17N/c1-10-5-4-6-12(9-10)8-7-11(2)13-3/h4-9,11,13H,1-3H3/b8-7+/t11-/m1/s1. The van der Waals surface area contributed by atoms with Gasteiger partial charge in [0.25, 0.3) is 0 Å². The van der Waals surface area contributed by atoms with E-state index in [0.29, 0.717) is 6.04 Å².